The lowest BCUT2D eigenvalue weighted by atomic mass is 10.2. The predicted molar refractivity (Wildman–Crippen MR) is 60.7 cm³/mol. The molecule has 0 aliphatic carbocycles. The fourth-order valence-corrected chi connectivity index (χ4v) is 1.34. The molecule has 0 bridgehead atoms. The van der Waals surface area contributed by atoms with Crippen molar-refractivity contribution in [3.05, 3.63) is 11.9 Å². The minimum absolute atomic E-state index is 0.464. The van der Waals surface area contributed by atoms with Gasteiger partial charge in [0.2, 0.25) is 5.95 Å². The van der Waals surface area contributed by atoms with Crippen LogP contribution >= 0.6 is 0 Å². The minimum atomic E-state index is 0.464. The van der Waals surface area contributed by atoms with Crippen LogP contribution in [0.25, 0.3) is 0 Å². The van der Waals surface area contributed by atoms with E-state index >= 15 is 0 Å². The third-order valence-corrected chi connectivity index (χ3v) is 2.08. The third kappa shape index (κ3) is 2.76. The number of hydrogen-bond acceptors (Lipinski definition) is 2. The van der Waals surface area contributed by atoms with Crippen LogP contribution < -0.4 is 5.32 Å². The van der Waals surface area contributed by atoms with Crippen molar-refractivity contribution < 1.29 is 0 Å². The first-order chi connectivity index (χ1) is 6.50. The Labute approximate surface area is 86.5 Å². The highest BCUT2D eigenvalue weighted by atomic mass is 15.2. The molecule has 0 unspecified atom stereocenters. The van der Waals surface area contributed by atoms with E-state index in [4.69, 9.17) is 0 Å². The Balaban J connectivity index is 2.74. The molecule has 0 atom stereocenters. The molecule has 0 aliphatic rings. The molecule has 0 saturated carbocycles. The number of imidazole rings is 1. The Morgan fingerprint density at radius 3 is 2.50 bits per heavy atom. The molecule has 0 aromatic carbocycles. The zero-order valence-corrected chi connectivity index (χ0v) is 9.83. The molecule has 0 spiro atoms. The smallest absolute Gasteiger partial charge is 0.203 e. The second-order valence-electron chi connectivity index (χ2n) is 4.48. The molecule has 80 valence electrons. The van der Waals surface area contributed by atoms with Gasteiger partial charge in [-0.2, -0.15) is 0 Å². The van der Waals surface area contributed by atoms with Gasteiger partial charge in [0.05, 0.1) is 5.69 Å². The highest BCUT2D eigenvalue weighted by molar-refractivity contribution is 5.29. The first-order valence-corrected chi connectivity index (χ1v) is 5.30. The quantitative estimate of drug-likeness (QED) is 0.800. The summed E-state index contributed by atoms with van der Waals surface area (Å²) in [5.41, 5.74) is 1.07. The van der Waals surface area contributed by atoms with Gasteiger partial charge in [-0.1, -0.05) is 13.8 Å². The van der Waals surface area contributed by atoms with Crippen molar-refractivity contribution in [3.8, 4) is 0 Å². The van der Waals surface area contributed by atoms with Crippen molar-refractivity contribution in [2.45, 2.75) is 40.7 Å². The van der Waals surface area contributed by atoms with Crippen molar-refractivity contribution >= 4 is 5.95 Å². The zero-order chi connectivity index (χ0) is 10.7. The fourth-order valence-electron chi connectivity index (χ4n) is 1.34. The summed E-state index contributed by atoms with van der Waals surface area (Å²) in [6.07, 6.45) is 2.09. The number of nitrogens with zero attached hydrogens (tertiary/aromatic N) is 2. The van der Waals surface area contributed by atoms with Gasteiger partial charge in [0.25, 0.3) is 0 Å². The first-order valence-electron chi connectivity index (χ1n) is 5.30. The van der Waals surface area contributed by atoms with Crippen LogP contribution in [0.15, 0.2) is 6.20 Å². The second-order valence-corrected chi connectivity index (χ2v) is 4.48. The molecule has 1 aromatic heterocycles. The van der Waals surface area contributed by atoms with Crippen LogP contribution in [0, 0.1) is 12.8 Å². The van der Waals surface area contributed by atoms with Gasteiger partial charge in [-0.05, 0) is 26.7 Å². The summed E-state index contributed by atoms with van der Waals surface area (Å²) in [5.74, 6) is 1.64. The normalized spacial score (nSPS) is 11.4. The molecular formula is C11H21N3. The summed E-state index contributed by atoms with van der Waals surface area (Å²) in [5, 5.41) is 3.37. The summed E-state index contributed by atoms with van der Waals surface area (Å²) < 4.78 is 2.18. The zero-order valence-electron chi connectivity index (χ0n) is 9.83. The van der Waals surface area contributed by atoms with Gasteiger partial charge < -0.3 is 9.88 Å². The van der Waals surface area contributed by atoms with Crippen LogP contribution in [0.1, 0.15) is 39.4 Å². The molecule has 0 amide bonds. The number of hydrogen-bond donors (Lipinski definition) is 1. The number of aryl methyl sites for hydroxylation is 1. The average Bonchev–Trinajstić information content (AvgIpc) is 2.43. The van der Waals surface area contributed by atoms with E-state index in [1.807, 2.05) is 6.92 Å². The largest absolute Gasteiger partial charge is 0.355 e. The number of anilines is 1. The van der Waals surface area contributed by atoms with E-state index in [-0.39, 0.29) is 0 Å². The highest BCUT2D eigenvalue weighted by Gasteiger charge is 2.07. The second kappa shape index (κ2) is 4.49. The molecule has 0 radical (unpaired) electrons. The van der Waals surface area contributed by atoms with Crippen LogP contribution in [0.5, 0.6) is 0 Å². The van der Waals surface area contributed by atoms with Crippen LogP contribution in [-0.4, -0.2) is 16.1 Å². The van der Waals surface area contributed by atoms with Crippen molar-refractivity contribution in [1.82, 2.24) is 9.55 Å². The van der Waals surface area contributed by atoms with E-state index in [9.17, 15) is 0 Å². The Kier molecular flexibility index (Phi) is 3.55. The van der Waals surface area contributed by atoms with Gasteiger partial charge in [-0.3, -0.25) is 0 Å². The molecule has 1 N–H and O–H groups in total. The summed E-state index contributed by atoms with van der Waals surface area (Å²) in [7, 11) is 0. The molecule has 3 heteroatoms. The van der Waals surface area contributed by atoms with Crippen molar-refractivity contribution in [3.63, 3.8) is 0 Å². The SMILES string of the molecule is Cc1cn(C(C)C)c(NCC(C)C)n1. The molecular weight excluding hydrogens is 174 g/mol. The van der Waals surface area contributed by atoms with E-state index in [0.29, 0.717) is 12.0 Å². The first kappa shape index (κ1) is 11.1. The molecule has 0 saturated heterocycles. The number of aromatic nitrogens is 2. The number of rotatable bonds is 4. The lowest BCUT2D eigenvalue weighted by Gasteiger charge is -2.13. The monoisotopic (exact) mass is 195 g/mol. The van der Waals surface area contributed by atoms with Crippen LogP contribution in [0.2, 0.25) is 0 Å². The molecule has 1 rings (SSSR count). The Morgan fingerprint density at radius 1 is 1.36 bits per heavy atom. The lowest BCUT2D eigenvalue weighted by Crippen LogP contribution is -2.13. The maximum atomic E-state index is 4.46. The van der Waals surface area contributed by atoms with Crippen LogP contribution in [0.3, 0.4) is 0 Å². The summed E-state index contributed by atoms with van der Waals surface area (Å²) in [6, 6.07) is 0.464. The molecule has 3 nitrogen and oxygen atoms in total. The predicted octanol–water partition coefficient (Wildman–Crippen LogP) is 2.84. The third-order valence-electron chi connectivity index (χ3n) is 2.08. The maximum Gasteiger partial charge on any atom is 0.203 e. The average molecular weight is 195 g/mol. The van der Waals surface area contributed by atoms with E-state index < -0.39 is 0 Å². The Morgan fingerprint density at radius 2 is 2.00 bits per heavy atom. The van der Waals surface area contributed by atoms with Crippen molar-refractivity contribution in [2.75, 3.05) is 11.9 Å². The summed E-state index contributed by atoms with van der Waals surface area (Å²) in [4.78, 5) is 4.46. The van der Waals surface area contributed by atoms with Gasteiger partial charge in [-0.15, -0.1) is 0 Å². The Bertz CT molecular complexity index is 287. The summed E-state index contributed by atoms with van der Waals surface area (Å²) in [6.45, 7) is 11.7. The topological polar surface area (TPSA) is 29.9 Å². The molecule has 14 heavy (non-hydrogen) atoms. The van der Waals surface area contributed by atoms with Gasteiger partial charge in [0, 0.05) is 18.8 Å². The minimum Gasteiger partial charge on any atom is -0.355 e. The molecule has 0 fully saturated rings. The van der Waals surface area contributed by atoms with Gasteiger partial charge in [0.1, 0.15) is 0 Å². The van der Waals surface area contributed by atoms with Crippen molar-refractivity contribution in [2.24, 2.45) is 5.92 Å². The summed E-state index contributed by atoms with van der Waals surface area (Å²) >= 11 is 0. The fraction of sp³-hybridized carbons (Fsp3) is 0.727. The van der Waals surface area contributed by atoms with E-state index in [1.165, 1.54) is 0 Å². The van der Waals surface area contributed by atoms with Crippen LogP contribution in [0.4, 0.5) is 5.95 Å². The Hall–Kier alpha value is -0.990. The van der Waals surface area contributed by atoms with E-state index in [2.05, 4.69) is 48.8 Å². The van der Waals surface area contributed by atoms with Crippen LogP contribution in [-0.2, 0) is 0 Å². The highest BCUT2D eigenvalue weighted by Crippen LogP contribution is 2.15. The van der Waals surface area contributed by atoms with Gasteiger partial charge in [0.15, 0.2) is 0 Å². The van der Waals surface area contributed by atoms with E-state index in [1.54, 1.807) is 0 Å². The molecule has 1 heterocycles. The maximum absolute atomic E-state index is 4.46. The molecule has 0 aliphatic heterocycles. The van der Waals surface area contributed by atoms with E-state index in [0.717, 1.165) is 18.2 Å². The lowest BCUT2D eigenvalue weighted by molar-refractivity contribution is 0.597. The standard InChI is InChI=1S/C11H21N3/c1-8(2)6-12-11-13-10(5)7-14(11)9(3)4/h7-9H,6H2,1-5H3,(H,12,13). The van der Waals surface area contributed by atoms with Crippen molar-refractivity contribution in [1.29, 1.82) is 0 Å². The number of nitrogens with one attached hydrogen (secondary N) is 1. The van der Waals surface area contributed by atoms with Gasteiger partial charge in [-0.25, -0.2) is 4.98 Å². The molecule has 1 aromatic rings. The van der Waals surface area contributed by atoms with Gasteiger partial charge >= 0.3 is 0 Å².